The summed E-state index contributed by atoms with van der Waals surface area (Å²) >= 11 is 0. The maximum atomic E-state index is 13.0. The Bertz CT molecular complexity index is 925. The summed E-state index contributed by atoms with van der Waals surface area (Å²) in [4.78, 5) is 25.4. The van der Waals surface area contributed by atoms with E-state index in [1.807, 2.05) is 13.8 Å². The second-order valence-corrected chi connectivity index (χ2v) is 14.1. The fourth-order valence-electron chi connectivity index (χ4n) is 9.53. The van der Waals surface area contributed by atoms with E-state index in [4.69, 9.17) is 4.74 Å². The van der Waals surface area contributed by atoms with E-state index < -0.39 is 6.10 Å². The largest absolute Gasteiger partial charge is 0.511 e. The molecule has 4 fully saturated rings. The van der Waals surface area contributed by atoms with Crippen molar-refractivity contribution in [2.24, 2.45) is 46.3 Å². The van der Waals surface area contributed by atoms with E-state index >= 15 is 0 Å². The van der Waals surface area contributed by atoms with Crippen LogP contribution in [0.1, 0.15) is 92.4 Å². The normalized spacial score (nSPS) is 42.1. The molecule has 222 valence electrons. The average molecular weight is 549 g/mol. The van der Waals surface area contributed by atoms with Gasteiger partial charge in [0.1, 0.15) is 11.9 Å². The van der Waals surface area contributed by atoms with Crippen LogP contribution in [0.4, 0.5) is 4.79 Å². The van der Waals surface area contributed by atoms with Gasteiger partial charge in [-0.15, -0.1) is 0 Å². The lowest BCUT2D eigenvalue weighted by atomic mass is 9.43. The molecule has 2 amide bonds. The molecule has 0 aliphatic heterocycles. The summed E-state index contributed by atoms with van der Waals surface area (Å²) < 4.78 is 6.32. The molecule has 39 heavy (non-hydrogen) atoms. The number of aliphatic hydroxyl groups excluding tert-OH is 3. The van der Waals surface area contributed by atoms with Crippen molar-refractivity contribution in [1.82, 2.24) is 10.6 Å². The number of carbonyl (C=O) groups excluding carboxylic acids is 2. The van der Waals surface area contributed by atoms with Crippen molar-refractivity contribution in [3.05, 3.63) is 12.3 Å². The van der Waals surface area contributed by atoms with Gasteiger partial charge in [0.2, 0.25) is 5.91 Å². The molecule has 4 aliphatic carbocycles. The number of hydrogen-bond acceptors (Lipinski definition) is 6. The topological polar surface area (TPSA) is 128 Å². The van der Waals surface area contributed by atoms with Crippen LogP contribution < -0.4 is 10.6 Å². The molecule has 0 bridgehead atoms. The van der Waals surface area contributed by atoms with Crippen molar-refractivity contribution < 1.29 is 29.6 Å². The highest BCUT2D eigenvalue weighted by atomic mass is 16.6. The third-order valence-corrected chi connectivity index (χ3v) is 11.5. The molecule has 8 nitrogen and oxygen atoms in total. The Hall–Kier alpha value is -1.80. The molecule has 0 aromatic rings. The van der Waals surface area contributed by atoms with Gasteiger partial charge in [-0.05, 0) is 106 Å². The van der Waals surface area contributed by atoms with Crippen LogP contribution in [0.25, 0.3) is 0 Å². The Morgan fingerprint density at radius 1 is 1.05 bits per heavy atom. The fourth-order valence-corrected chi connectivity index (χ4v) is 9.53. The lowest BCUT2D eigenvalue weighted by Gasteiger charge is -2.63. The maximum Gasteiger partial charge on any atom is 0.407 e. The van der Waals surface area contributed by atoms with Gasteiger partial charge in [-0.2, -0.15) is 0 Å². The summed E-state index contributed by atoms with van der Waals surface area (Å²) in [5, 5.41) is 37.0. The Morgan fingerprint density at radius 3 is 2.44 bits per heavy atom. The standard InChI is InChI=1S/C31H52N2O6/c1-17(2)33-29(38)39-26-15-24-28(25(36)14-20-13-21(35)11-12-30(20,24)5)23-9-8-22(31(23,26)6)18(3)7-10-27(37)32-16-19(4)34/h17-18,20-26,28,34-36H,4,7-16H2,1-3,5-6H3,(H,32,37)(H,33,38)/t18-,20+,21-,22-,23+,24+,25-,26+,28+,30+,31-/m1/s1. The average Bonchev–Trinajstić information content (AvgIpc) is 3.20. The number of hydrogen-bond donors (Lipinski definition) is 5. The van der Waals surface area contributed by atoms with Crippen molar-refractivity contribution >= 4 is 12.0 Å². The first-order valence-corrected chi connectivity index (χ1v) is 15.2. The lowest BCUT2D eigenvalue weighted by molar-refractivity contribution is -0.206. The van der Waals surface area contributed by atoms with Crippen molar-refractivity contribution in [2.45, 2.75) is 117 Å². The molecule has 8 heteroatoms. The molecular formula is C31H52N2O6. The summed E-state index contributed by atoms with van der Waals surface area (Å²) in [6.07, 6.45) is 5.59. The monoisotopic (exact) mass is 548 g/mol. The number of ether oxygens (including phenoxy) is 1. The minimum Gasteiger partial charge on any atom is -0.511 e. The molecule has 0 saturated heterocycles. The van der Waals surface area contributed by atoms with E-state index in [1.165, 1.54) is 0 Å². The van der Waals surface area contributed by atoms with Crippen LogP contribution >= 0.6 is 0 Å². The Morgan fingerprint density at radius 2 is 1.77 bits per heavy atom. The first-order valence-electron chi connectivity index (χ1n) is 15.2. The number of carbonyl (C=O) groups is 2. The van der Waals surface area contributed by atoms with Crippen molar-refractivity contribution in [3.8, 4) is 0 Å². The molecule has 0 unspecified atom stereocenters. The van der Waals surface area contributed by atoms with Gasteiger partial charge in [0.15, 0.2) is 0 Å². The van der Waals surface area contributed by atoms with Crippen molar-refractivity contribution in [1.29, 1.82) is 0 Å². The molecule has 11 atom stereocenters. The summed E-state index contributed by atoms with van der Waals surface area (Å²) in [6.45, 7) is 14.2. The lowest BCUT2D eigenvalue weighted by Crippen LogP contribution is -2.63. The van der Waals surface area contributed by atoms with Crippen LogP contribution in [-0.4, -0.2) is 58.2 Å². The molecule has 4 rings (SSSR count). The highest BCUT2D eigenvalue weighted by Gasteiger charge is 2.66. The zero-order valence-corrected chi connectivity index (χ0v) is 24.6. The first-order chi connectivity index (χ1) is 18.3. The molecule has 5 N–H and O–H groups in total. The van der Waals surface area contributed by atoms with E-state index in [2.05, 4.69) is 38.0 Å². The summed E-state index contributed by atoms with van der Waals surface area (Å²) in [6, 6.07) is -0.0255. The van der Waals surface area contributed by atoms with Gasteiger partial charge in [0.05, 0.1) is 18.8 Å². The molecule has 0 aromatic heterocycles. The van der Waals surface area contributed by atoms with E-state index in [0.29, 0.717) is 12.8 Å². The maximum absolute atomic E-state index is 13.0. The number of alkyl carbamates (subject to hydrolysis) is 1. The van der Waals surface area contributed by atoms with E-state index in [0.717, 1.165) is 44.9 Å². The highest BCUT2D eigenvalue weighted by Crippen LogP contribution is 2.69. The van der Waals surface area contributed by atoms with Crippen LogP contribution in [0.3, 0.4) is 0 Å². The molecule has 4 aliphatic rings. The minimum atomic E-state index is -0.417. The number of rotatable bonds is 8. The smallest absolute Gasteiger partial charge is 0.407 e. The zero-order valence-electron chi connectivity index (χ0n) is 24.6. The number of aliphatic hydroxyl groups is 3. The van der Waals surface area contributed by atoms with Gasteiger partial charge in [-0.3, -0.25) is 4.79 Å². The predicted octanol–water partition coefficient (Wildman–Crippen LogP) is 4.69. The van der Waals surface area contributed by atoms with E-state index in [9.17, 15) is 24.9 Å². The zero-order chi connectivity index (χ0) is 28.7. The van der Waals surface area contributed by atoms with Crippen molar-refractivity contribution in [2.75, 3.05) is 6.54 Å². The quantitative estimate of drug-likeness (QED) is 0.280. The molecule has 0 aromatic carbocycles. The minimum absolute atomic E-state index is 0.0130. The van der Waals surface area contributed by atoms with Gasteiger partial charge < -0.3 is 30.7 Å². The predicted molar refractivity (Wildman–Crippen MR) is 150 cm³/mol. The van der Waals surface area contributed by atoms with Gasteiger partial charge >= 0.3 is 6.09 Å². The molecule has 0 radical (unpaired) electrons. The Labute approximate surface area is 234 Å². The van der Waals surface area contributed by atoms with Crippen LogP contribution in [0.15, 0.2) is 12.3 Å². The first kappa shape index (κ1) is 30.2. The van der Waals surface area contributed by atoms with Gasteiger partial charge in [0, 0.05) is 17.9 Å². The molecule has 4 saturated carbocycles. The Kier molecular flexibility index (Phi) is 8.97. The van der Waals surface area contributed by atoms with E-state index in [-0.39, 0.29) is 88.9 Å². The van der Waals surface area contributed by atoms with E-state index in [1.54, 1.807) is 0 Å². The summed E-state index contributed by atoms with van der Waals surface area (Å²) in [7, 11) is 0. The van der Waals surface area contributed by atoms with Crippen LogP contribution in [0.2, 0.25) is 0 Å². The van der Waals surface area contributed by atoms with Gasteiger partial charge in [-0.1, -0.05) is 27.4 Å². The van der Waals surface area contributed by atoms with Crippen LogP contribution in [-0.2, 0) is 9.53 Å². The van der Waals surface area contributed by atoms with Gasteiger partial charge in [-0.25, -0.2) is 4.79 Å². The number of amides is 2. The highest BCUT2D eigenvalue weighted by molar-refractivity contribution is 5.76. The number of nitrogens with one attached hydrogen (secondary N) is 2. The van der Waals surface area contributed by atoms with Crippen molar-refractivity contribution in [3.63, 3.8) is 0 Å². The van der Waals surface area contributed by atoms with Crippen LogP contribution in [0.5, 0.6) is 0 Å². The summed E-state index contributed by atoms with van der Waals surface area (Å²) in [5.41, 5.74) is -0.289. The molecule has 0 heterocycles. The summed E-state index contributed by atoms with van der Waals surface area (Å²) in [5.74, 6) is 1.21. The molecule has 0 spiro atoms. The second kappa shape index (κ2) is 11.6. The van der Waals surface area contributed by atoms with Gasteiger partial charge in [0.25, 0.3) is 0 Å². The SMILES string of the molecule is C=C(O)CNC(=O)CC[C@@H](C)[C@H]1CC[C@H]2[C@@H]3[C@H](O)C[C@@H]4C[C@H](O)CC[C@]4(C)[C@H]3C[C@H](OC(=O)NC(C)C)[C@]12C. The number of fused-ring (bicyclic) bond motifs is 5. The second-order valence-electron chi connectivity index (χ2n) is 14.1. The van der Waals surface area contributed by atoms with Crippen LogP contribution in [0, 0.1) is 46.3 Å². The Balaban J connectivity index is 1.60. The fraction of sp³-hybridized carbons (Fsp3) is 0.871. The third-order valence-electron chi connectivity index (χ3n) is 11.5. The molecular weight excluding hydrogens is 496 g/mol. The third kappa shape index (κ3) is 5.83.